The Labute approximate surface area is 109 Å². The van der Waals surface area contributed by atoms with E-state index < -0.39 is 0 Å². The zero-order valence-electron chi connectivity index (χ0n) is 10.5. The van der Waals surface area contributed by atoms with Crippen molar-refractivity contribution in [3.63, 3.8) is 0 Å². The average molecular weight is 261 g/mol. The normalized spacial score (nSPS) is 18.8. The highest BCUT2D eigenvalue weighted by Gasteiger charge is 2.15. The Hall–Kier alpha value is -2.02. The molecule has 0 radical (unpaired) electrons. The van der Waals surface area contributed by atoms with E-state index in [-0.39, 0.29) is 5.91 Å². The minimum absolute atomic E-state index is 0.101. The van der Waals surface area contributed by atoms with Gasteiger partial charge in [-0.3, -0.25) is 4.79 Å². The van der Waals surface area contributed by atoms with Gasteiger partial charge in [-0.05, 0) is 41.3 Å². The minimum Gasteiger partial charge on any atom is -0.381 e. The number of amides is 1. The molecule has 0 aromatic carbocycles. The maximum Gasteiger partial charge on any atom is 0.252 e. The zero-order valence-corrected chi connectivity index (χ0v) is 10.5. The van der Waals surface area contributed by atoms with Gasteiger partial charge in [0.25, 0.3) is 5.91 Å². The minimum atomic E-state index is -0.101. The van der Waals surface area contributed by atoms with E-state index >= 15 is 0 Å². The highest BCUT2D eigenvalue weighted by molar-refractivity contribution is 5.94. The van der Waals surface area contributed by atoms with Gasteiger partial charge in [0.05, 0.1) is 5.56 Å². The molecule has 2 aromatic rings. The van der Waals surface area contributed by atoms with Crippen LogP contribution in [-0.4, -0.2) is 45.7 Å². The van der Waals surface area contributed by atoms with E-state index in [9.17, 15) is 4.79 Å². The van der Waals surface area contributed by atoms with Crippen molar-refractivity contribution in [1.29, 1.82) is 0 Å². The molecule has 1 aliphatic rings. The van der Waals surface area contributed by atoms with Crippen LogP contribution in [0.2, 0.25) is 0 Å². The fraction of sp³-hybridized carbons (Fsp3) is 0.500. The van der Waals surface area contributed by atoms with E-state index in [1.807, 2.05) is 0 Å². The highest BCUT2D eigenvalue weighted by Crippen LogP contribution is 2.15. The van der Waals surface area contributed by atoms with E-state index in [1.165, 1.54) is 4.52 Å². The molecule has 3 heterocycles. The van der Waals surface area contributed by atoms with E-state index in [0.717, 1.165) is 26.1 Å². The summed E-state index contributed by atoms with van der Waals surface area (Å²) < 4.78 is 6.79. The topological polar surface area (TPSA) is 81.4 Å². The zero-order chi connectivity index (χ0) is 13.1. The monoisotopic (exact) mass is 261 g/mol. The predicted octanol–water partition coefficient (Wildman–Crippen LogP) is 0.281. The van der Waals surface area contributed by atoms with Gasteiger partial charge in [-0.15, -0.1) is 5.10 Å². The summed E-state index contributed by atoms with van der Waals surface area (Å²) in [5.74, 6) is 0.471. The fourth-order valence-corrected chi connectivity index (χ4v) is 2.18. The van der Waals surface area contributed by atoms with Crippen LogP contribution in [0, 0.1) is 5.92 Å². The van der Waals surface area contributed by atoms with E-state index in [4.69, 9.17) is 4.74 Å². The molecule has 1 N–H and O–H groups in total. The van der Waals surface area contributed by atoms with Crippen LogP contribution in [0.1, 0.15) is 23.2 Å². The van der Waals surface area contributed by atoms with Crippen LogP contribution in [0.15, 0.2) is 18.3 Å². The van der Waals surface area contributed by atoms with Gasteiger partial charge < -0.3 is 10.1 Å². The Balaban J connectivity index is 1.56. The van der Waals surface area contributed by atoms with Gasteiger partial charge in [-0.1, -0.05) is 0 Å². The number of fused-ring (bicyclic) bond motifs is 1. The van der Waals surface area contributed by atoms with Crippen molar-refractivity contribution in [2.75, 3.05) is 19.8 Å². The molecule has 1 atom stereocenters. The molecular formula is C12H15N5O2. The standard InChI is InChI=1S/C12H15N5O2/c18-12(13-5-3-9-4-6-19-8-9)10-1-2-11-14-15-16-17(11)7-10/h1-2,7,9H,3-6,8H2,(H,13,18). The van der Waals surface area contributed by atoms with Crippen molar-refractivity contribution in [2.24, 2.45) is 5.92 Å². The summed E-state index contributed by atoms with van der Waals surface area (Å²) in [5.41, 5.74) is 1.18. The smallest absolute Gasteiger partial charge is 0.252 e. The summed E-state index contributed by atoms with van der Waals surface area (Å²) in [7, 11) is 0. The lowest BCUT2D eigenvalue weighted by atomic mass is 10.1. The van der Waals surface area contributed by atoms with Crippen LogP contribution < -0.4 is 5.32 Å². The summed E-state index contributed by atoms with van der Waals surface area (Å²) >= 11 is 0. The van der Waals surface area contributed by atoms with Crippen molar-refractivity contribution < 1.29 is 9.53 Å². The number of aromatic nitrogens is 4. The number of rotatable bonds is 4. The van der Waals surface area contributed by atoms with E-state index in [0.29, 0.717) is 23.7 Å². The number of carbonyl (C=O) groups is 1. The second-order valence-corrected chi connectivity index (χ2v) is 4.67. The van der Waals surface area contributed by atoms with Crippen LogP contribution >= 0.6 is 0 Å². The Kier molecular flexibility index (Phi) is 3.37. The van der Waals surface area contributed by atoms with Gasteiger partial charge in [0, 0.05) is 26.0 Å². The SMILES string of the molecule is O=C(NCCC1CCOC1)c1ccc2nnnn2c1. The third-order valence-corrected chi connectivity index (χ3v) is 3.32. The van der Waals surface area contributed by atoms with Crippen molar-refractivity contribution in [3.8, 4) is 0 Å². The number of hydrogen-bond acceptors (Lipinski definition) is 5. The van der Waals surface area contributed by atoms with Crippen molar-refractivity contribution in [2.45, 2.75) is 12.8 Å². The molecular weight excluding hydrogens is 246 g/mol. The van der Waals surface area contributed by atoms with Crippen LogP contribution in [0.5, 0.6) is 0 Å². The Morgan fingerprint density at radius 3 is 3.32 bits per heavy atom. The molecule has 1 fully saturated rings. The molecule has 1 amide bonds. The van der Waals surface area contributed by atoms with Gasteiger partial charge in [0.15, 0.2) is 5.65 Å². The Bertz CT molecular complexity index is 576. The molecule has 0 bridgehead atoms. The lowest BCUT2D eigenvalue weighted by Crippen LogP contribution is -2.26. The number of pyridine rings is 1. The summed E-state index contributed by atoms with van der Waals surface area (Å²) in [6.07, 6.45) is 3.68. The van der Waals surface area contributed by atoms with Crippen LogP contribution in [0.4, 0.5) is 0 Å². The molecule has 1 saturated heterocycles. The summed E-state index contributed by atoms with van der Waals surface area (Å²) in [6.45, 7) is 2.32. The van der Waals surface area contributed by atoms with Gasteiger partial charge >= 0.3 is 0 Å². The predicted molar refractivity (Wildman–Crippen MR) is 66.7 cm³/mol. The van der Waals surface area contributed by atoms with Crippen molar-refractivity contribution >= 4 is 11.6 Å². The third kappa shape index (κ3) is 2.70. The first-order valence-electron chi connectivity index (χ1n) is 6.36. The van der Waals surface area contributed by atoms with Crippen molar-refractivity contribution in [1.82, 2.24) is 25.4 Å². The Morgan fingerprint density at radius 2 is 2.47 bits per heavy atom. The second kappa shape index (κ2) is 5.31. The molecule has 0 spiro atoms. The molecule has 7 nitrogen and oxygen atoms in total. The maximum atomic E-state index is 12.0. The molecule has 19 heavy (non-hydrogen) atoms. The number of ether oxygens (including phenoxy) is 1. The lowest BCUT2D eigenvalue weighted by molar-refractivity contribution is 0.0950. The first-order valence-corrected chi connectivity index (χ1v) is 6.36. The molecule has 1 aliphatic heterocycles. The molecule has 1 unspecified atom stereocenters. The molecule has 2 aromatic heterocycles. The van der Waals surface area contributed by atoms with Crippen LogP contribution in [0.3, 0.4) is 0 Å². The van der Waals surface area contributed by atoms with Gasteiger partial charge in [0.2, 0.25) is 0 Å². The van der Waals surface area contributed by atoms with E-state index in [2.05, 4.69) is 20.8 Å². The average Bonchev–Trinajstić information content (AvgIpc) is 3.08. The van der Waals surface area contributed by atoms with E-state index in [1.54, 1.807) is 18.3 Å². The number of carbonyl (C=O) groups excluding carboxylic acids is 1. The van der Waals surface area contributed by atoms with Crippen LogP contribution in [-0.2, 0) is 4.74 Å². The molecule has 0 aliphatic carbocycles. The molecule has 7 heteroatoms. The van der Waals surface area contributed by atoms with Crippen LogP contribution in [0.25, 0.3) is 5.65 Å². The third-order valence-electron chi connectivity index (χ3n) is 3.32. The number of nitrogens with zero attached hydrogens (tertiary/aromatic N) is 4. The first-order chi connectivity index (χ1) is 9.33. The fourth-order valence-electron chi connectivity index (χ4n) is 2.18. The second-order valence-electron chi connectivity index (χ2n) is 4.67. The first kappa shape index (κ1) is 12.0. The largest absolute Gasteiger partial charge is 0.381 e. The maximum absolute atomic E-state index is 12.0. The van der Waals surface area contributed by atoms with Gasteiger partial charge in [0.1, 0.15) is 0 Å². The molecule has 100 valence electrons. The summed E-state index contributed by atoms with van der Waals surface area (Å²) in [5, 5.41) is 14.0. The summed E-state index contributed by atoms with van der Waals surface area (Å²) in [4.78, 5) is 12.0. The molecule has 3 rings (SSSR count). The van der Waals surface area contributed by atoms with Gasteiger partial charge in [-0.25, -0.2) is 0 Å². The Morgan fingerprint density at radius 1 is 1.53 bits per heavy atom. The highest BCUT2D eigenvalue weighted by atomic mass is 16.5. The number of tetrazole rings is 1. The number of nitrogens with one attached hydrogen (secondary N) is 1. The molecule has 0 saturated carbocycles. The summed E-state index contributed by atoms with van der Waals surface area (Å²) in [6, 6.07) is 3.44. The van der Waals surface area contributed by atoms with Crippen molar-refractivity contribution in [3.05, 3.63) is 23.9 Å². The lowest BCUT2D eigenvalue weighted by Gasteiger charge is -2.08. The quantitative estimate of drug-likeness (QED) is 0.855. The van der Waals surface area contributed by atoms with Gasteiger partial charge in [-0.2, -0.15) is 4.52 Å². The number of hydrogen-bond donors (Lipinski definition) is 1.